The van der Waals surface area contributed by atoms with Gasteiger partial charge in [-0.25, -0.2) is 0 Å². The van der Waals surface area contributed by atoms with Crippen molar-refractivity contribution >= 4 is 0 Å². The smallest absolute Gasteiger partial charge is 0.173 e. The summed E-state index contributed by atoms with van der Waals surface area (Å²) in [7, 11) is 0. The van der Waals surface area contributed by atoms with E-state index in [1.165, 1.54) is 0 Å². The maximum absolute atomic E-state index is 3.17. The molecule has 1 fully saturated rings. The molecule has 0 aromatic rings. The average Bonchev–Trinajstić information content (AvgIpc) is 2.33. The minimum Gasteiger partial charge on any atom is -0.377 e. The second-order valence-electron chi connectivity index (χ2n) is 2.01. The van der Waals surface area contributed by atoms with Crippen molar-refractivity contribution in [2.24, 2.45) is 0 Å². The Kier molecular flexibility index (Phi) is 1.07. The Morgan fingerprint density at radius 3 is 3.56 bits per heavy atom. The molecule has 2 heterocycles. The van der Waals surface area contributed by atoms with Crippen LogP contribution in [0, 0.1) is 6.67 Å². The van der Waals surface area contributed by atoms with Crippen LogP contribution in [0.4, 0.5) is 0 Å². The molecule has 0 aliphatic carbocycles. The Balaban J connectivity index is 2.16. The zero-order valence-corrected chi connectivity index (χ0v) is 4.86. The van der Waals surface area contributed by atoms with Gasteiger partial charge in [-0.3, -0.25) is 10.6 Å². The molecule has 2 aliphatic rings. The molecule has 48 valence electrons. The van der Waals surface area contributed by atoms with Crippen LogP contribution >= 0.6 is 0 Å². The lowest BCUT2D eigenvalue weighted by molar-refractivity contribution is 0.504. The highest BCUT2D eigenvalue weighted by Crippen LogP contribution is 2.03. The van der Waals surface area contributed by atoms with Gasteiger partial charge in [-0.15, -0.1) is 0 Å². The third kappa shape index (κ3) is 0.760. The number of rotatable bonds is 0. The second kappa shape index (κ2) is 1.89. The summed E-state index contributed by atoms with van der Waals surface area (Å²) in [5.74, 6) is 0. The molecule has 2 aliphatic heterocycles. The van der Waals surface area contributed by atoms with E-state index in [2.05, 4.69) is 27.9 Å². The minimum absolute atomic E-state index is 0.242. The average molecular weight is 124 g/mol. The molecule has 4 N–H and O–H groups in total. The molecule has 0 aromatic heterocycles. The Bertz CT molecular complexity index is 142. The lowest BCUT2D eigenvalue weighted by atomic mass is 10.3. The fraction of sp³-hybridized carbons (Fsp3) is 0.400. The van der Waals surface area contributed by atoms with Gasteiger partial charge < -0.3 is 10.6 Å². The first-order valence-corrected chi connectivity index (χ1v) is 2.90. The topological polar surface area (TPSA) is 48.1 Å². The van der Waals surface area contributed by atoms with Crippen molar-refractivity contribution in [2.45, 2.75) is 6.17 Å². The van der Waals surface area contributed by atoms with Crippen LogP contribution in [-0.4, -0.2) is 12.8 Å². The SMILES string of the molecule is [C]1NC2=CNCNC2N1. The molecule has 4 nitrogen and oxygen atoms in total. The molecular weight excluding hydrogens is 116 g/mol. The predicted octanol–water partition coefficient (Wildman–Crippen LogP) is -1.51. The molecule has 9 heavy (non-hydrogen) atoms. The van der Waals surface area contributed by atoms with Gasteiger partial charge in [-0.05, 0) is 0 Å². The van der Waals surface area contributed by atoms with Crippen molar-refractivity contribution in [3.8, 4) is 0 Å². The van der Waals surface area contributed by atoms with Gasteiger partial charge in [-0.2, -0.15) is 0 Å². The van der Waals surface area contributed by atoms with E-state index in [4.69, 9.17) is 0 Å². The molecule has 0 bridgehead atoms. The maximum atomic E-state index is 3.17. The third-order valence-corrected chi connectivity index (χ3v) is 1.40. The summed E-state index contributed by atoms with van der Waals surface area (Å²) in [6, 6.07) is 0. The van der Waals surface area contributed by atoms with Crippen molar-refractivity contribution in [1.82, 2.24) is 21.3 Å². The van der Waals surface area contributed by atoms with Gasteiger partial charge in [0.1, 0.15) is 6.17 Å². The van der Waals surface area contributed by atoms with Crippen LogP contribution in [0.3, 0.4) is 0 Å². The first kappa shape index (κ1) is 5.08. The monoisotopic (exact) mass is 124 g/mol. The number of hydrogen-bond donors (Lipinski definition) is 4. The highest BCUT2D eigenvalue weighted by atomic mass is 15.3. The van der Waals surface area contributed by atoms with Crippen LogP contribution in [-0.2, 0) is 0 Å². The van der Waals surface area contributed by atoms with Gasteiger partial charge in [0.15, 0.2) is 6.67 Å². The van der Waals surface area contributed by atoms with Crippen LogP contribution in [0.5, 0.6) is 0 Å². The maximum Gasteiger partial charge on any atom is 0.173 e. The lowest BCUT2D eigenvalue weighted by Crippen LogP contribution is -2.45. The van der Waals surface area contributed by atoms with E-state index in [0.717, 1.165) is 12.4 Å². The van der Waals surface area contributed by atoms with E-state index in [1.807, 2.05) is 6.20 Å². The highest BCUT2D eigenvalue weighted by Gasteiger charge is 2.21. The van der Waals surface area contributed by atoms with E-state index in [-0.39, 0.29) is 6.17 Å². The zero-order chi connectivity index (χ0) is 6.10. The Labute approximate surface area is 53.7 Å². The van der Waals surface area contributed by atoms with Crippen molar-refractivity contribution in [2.75, 3.05) is 6.67 Å². The predicted molar refractivity (Wildman–Crippen MR) is 32.5 cm³/mol. The van der Waals surface area contributed by atoms with Crippen LogP contribution in [0.15, 0.2) is 11.9 Å². The van der Waals surface area contributed by atoms with E-state index in [1.54, 1.807) is 0 Å². The summed E-state index contributed by atoms with van der Waals surface area (Å²) < 4.78 is 0. The number of hydrogen-bond acceptors (Lipinski definition) is 4. The summed E-state index contributed by atoms with van der Waals surface area (Å²) in [6.45, 7) is 3.60. The van der Waals surface area contributed by atoms with Crippen molar-refractivity contribution in [3.63, 3.8) is 0 Å². The molecule has 4 heteroatoms. The van der Waals surface area contributed by atoms with Crippen LogP contribution in [0.2, 0.25) is 0 Å². The Hall–Kier alpha value is -0.740. The molecule has 0 aromatic carbocycles. The molecule has 0 saturated carbocycles. The van der Waals surface area contributed by atoms with E-state index in [9.17, 15) is 0 Å². The summed E-state index contributed by atoms with van der Waals surface area (Å²) in [4.78, 5) is 0. The quantitative estimate of drug-likeness (QED) is 0.317. The normalized spacial score (nSPS) is 32.0. The van der Waals surface area contributed by atoms with Crippen LogP contribution in [0.25, 0.3) is 0 Å². The fourth-order valence-corrected chi connectivity index (χ4v) is 0.933. The summed E-state index contributed by atoms with van der Waals surface area (Å²) in [5, 5.41) is 12.1. The van der Waals surface area contributed by atoms with Gasteiger partial charge in [0.2, 0.25) is 0 Å². The number of fused-ring (bicyclic) bond motifs is 1. The first-order chi connectivity index (χ1) is 4.47. The largest absolute Gasteiger partial charge is 0.377 e. The molecule has 1 atom stereocenters. The van der Waals surface area contributed by atoms with E-state index >= 15 is 0 Å². The van der Waals surface area contributed by atoms with Crippen LogP contribution in [0.1, 0.15) is 0 Å². The summed E-state index contributed by atoms with van der Waals surface area (Å²) in [5.41, 5.74) is 1.10. The molecule has 0 amide bonds. The van der Waals surface area contributed by atoms with Gasteiger partial charge in [-0.1, -0.05) is 0 Å². The summed E-state index contributed by atoms with van der Waals surface area (Å²) in [6.07, 6.45) is 2.18. The van der Waals surface area contributed by atoms with Crippen LogP contribution < -0.4 is 21.3 Å². The molecular formula is C5H8N4. The van der Waals surface area contributed by atoms with Gasteiger partial charge in [0.25, 0.3) is 0 Å². The number of nitrogens with one attached hydrogen (secondary N) is 4. The Morgan fingerprint density at radius 2 is 2.67 bits per heavy atom. The van der Waals surface area contributed by atoms with Crippen molar-refractivity contribution in [3.05, 3.63) is 18.6 Å². The van der Waals surface area contributed by atoms with Crippen molar-refractivity contribution < 1.29 is 0 Å². The molecule has 1 saturated heterocycles. The van der Waals surface area contributed by atoms with E-state index in [0.29, 0.717) is 0 Å². The first-order valence-electron chi connectivity index (χ1n) is 2.90. The Morgan fingerprint density at radius 1 is 1.67 bits per heavy atom. The molecule has 1 unspecified atom stereocenters. The van der Waals surface area contributed by atoms with Gasteiger partial charge in [0.05, 0.1) is 12.4 Å². The van der Waals surface area contributed by atoms with Gasteiger partial charge in [0, 0.05) is 6.20 Å². The molecule has 0 spiro atoms. The van der Waals surface area contributed by atoms with E-state index < -0.39 is 0 Å². The lowest BCUT2D eigenvalue weighted by Gasteiger charge is -2.18. The molecule has 2 radical (unpaired) electrons. The summed E-state index contributed by atoms with van der Waals surface area (Å²) >= 11 is 0. The highest BCUT2D eigenvalue weighted by molar-refractivity contribution is 5.15. The molecule has 2 rings (SSSR count). The zero-order valence-electron chi connectivity index (χ0n) is 4.86. The third-order valence-electron chi connectivity index (χ3n) is 1.40. The standard InChI is InChI=1S/C5H8N4/c1-4-5(8-2-6-1)9-3-7-4/h1,5-9H,2H2. The van der Waals surface area contributed by atoms with Gasteiger partial charge >= 0.3 is 0 Å². The minimum atomic E-state index is 0.242. The fourth-order valence-electron chi connectivity index (χ4n) is 0.933. The van der Waals surface area contributed by atoms with Crippen molar-refractivity contribution in [1.29, 1.82) is 0 Å². The second-order valence-corrected chi connectivity index (χ2v) is 2.01.